The second-order valence-electron chi connectivity index (χ2n) is 7.46. The van der Waals surface area contributed by atoms with E-state index in [1.807, 2.05) is 0 Å². The topological polar surface area (TPSA) is 79.0 Å². The summed E-state index contributed by atoms with van der Waals surface area (Å²) in [5.41, 5.74) is 1.05. The molecule has 3 rings (SSSR count). The van der Waals surface area contributed by atoms with Crippen molar-refractivity contribution in [3.63, 3.8) is 0 Å². The summed E-state index contributed by atoms with van der Waals surface area (Å²) in [7, 11) is -3.25. The van der Waals surface area contributed by atoms with Crippen molar-refractivity contribution < 1.29 is 17.9 Å². The highest BCUT2D eigenvalue weighted by molar-refractivity contribution is 7.93. The largest absolute Gasteiger partial charge is 0.379 e. The first kappa shape index (κ1) is 20.1. The van der Waals surface area contributed by atoms with Gasteiger partial charge in [-0.05, 0) is 30.5 Å². The second kappa shape index (κ2) is 8.58. The number of sulfonamides is 1. The predicted molar refractivity (Wildman–Crippen MR) is 106 cm³/mol. The highest BCUT2D eigenvalue weighted by atomic mass is 32.2. The lowest BCUT2D eigenvalue weighted by molar-refractivity contribution is 0.00673. The molecule has 1 unspecified atom stereocenters. The van der Waals surface area contributed by atoms with Crippen LogP contribution in [0.3, 0.4) is 0 Å². The highest BCUT2D eigenvalue weighted by Crippen LogP contribution is 2.24. The van der Waals surface area contributed by atoms with E-state index in [1.54, 1.807) is 24.3 Å². The summed E-state index contributed by atoms with van der Waals surface area (Å²) < 4.78 is 31.1. The van der Waals surface area contributed by atoms with Crippen LogP contribution in [-0.2, 0) is 14.8 Å². The molecule has 0 saturated carbocycles. The van der Waals surface area contributed by atoms with Gasteiger partial charge in [0, 0.05) is 37.8 Å². The lowest BCUT2D eigenvalue weighted by Crippen LogP contribution is -2.51. The standard InChI is InChI=1S/C19H29N3O4S/c1-15(2)18(21-8-10-26-11-9-21)14-20-19(23)16-5-3-6-17(13-16)22-7-4-12-27(22,24)25/h3,5-6,13,15,18H,4,7-12,14H2,1-2H3,(H,20,23). The SMILES string of the molecule is CC(C)C(CNC(=O)c1cccc(N2CCCS2(=O)=O)c1)N1CCOCC1. The minimum Gasteiger partial charge on any atom is -0.379 e. The van der Waals surface area contributed by atoms with Crippen LogP contribution in [0.4, 0.5) is 5.69 Å². The summed E-state index contributed by atoms with van der Waals surface area (Å²) in [5.74, 6) is 0.399. The number of hydrogen-bond donors (Lipinski definition) is 1. The molecule has 0 aromatic heterocycles. The van der Waals surface area contributed by atoms with Gasteiger partial charge in [0.1, 0.15) is 0 Å². The van der Waals surface area contributed by atoms with Gasteiger partial charge < -0.3 is 10.1 Å². The number of benzene rings is 1. The van der Waals surface area contributed by atoms with Gasteiger partial charge in [-0.25, -0.2) is 8.42 Å². The smallest absolute Gasteiger partial charge is 0.251 e. The van der Waals surface area contributed by atoms with E-state index in [4.69, 9.17) is 4.74 Å². The average Bonchev–Trinajstić information content (AvgIpc) is 3.01. The van der Waals surface area contributed by atoms with Crippen molar-refractivity contribution >= 4 is 21.6 Å². The molecule has 0 bridgehead atoms. The fourth-order valence-electron chi connectivity index (χ4n) is 3.73. The van der Waals surface area contributed by atoms with Crippen molar-refractivity contribution in [2.75, 3.05) is 49.5 Å². The Labute approximate surface area is 161 Å². The Bertz CT molecular complexity index is 760. The Morgan fingerprint density at radius 2 is 1.96 bits per heavy atom. The van der Waals surface area contributed by atoms with Gasteiger partial charge in [-0.2, -0.15) is 0 Å². The van der Waals surface area contributed by atoms with Gasteiger partial charge in [0.25, 0.3) is 5.91 Å². The molecule has 2 fully saturated rings. The van der Waals surface area contributed by atoms with Crippen molar-refractivity contribution in [1.29, 1.82) is 0 Å². The molecular formula is C19H29N3O4S. The third-order valence-corrected chi connectivity index (χ3v) is 7.12. The van der Waals surface area contributed by atoms with Gasteiger partial charge in [0.2, 0.25) is 10.0 Å². The first-order chi connectivity index (χ1) is 12.9. The zero-order valence-corrected chi connectivity index (χ0v) is 16.9. The number of amides is 1. The van der Waals surface area contributed by atoms with Crippen molar-refractivity contribution in [3.8, 4) is 0 Å². The van der Waals surface area contributed by atoms with Crippen LogP contribution in [0.15, 0.2) is 24.3 Å². The number of rotatable bonds is 6. The molecule has 2 aliphatic rings. The number of nitrogens with zero attached hydrogens (tertiary/aromatic N) is 2. The Morgan fingerprint density at radius 1 is 1.22 bits per heavy atom. The normalized spacial score (nSPS) is 21.4. The van der Waals surface area contributed by atoms with E-state index in [0.717, 1.165) is 26.3 Å². The third-order valence-electron chi connectivity index (χ3n) is 5.25. The highest BCUT2D eigenvalue weighted by Gasteiger charge is 2.29. The van der Waals surface area contributed by atoms with Crippen LogP contribution in [0.2, 0.25) is 0 Å². The molecule has 1 amide bonds. The van der Waals surface area contributed by atoms with E-state index < -0.39 is 10.0 Å². The third kappa shape index (κ3) is 4.80. The van der Waals surface area contributed by atoms with Crippen LogP contribution >= 0.6 is 0 Å². The molecule has 1 N–H and O–H groups in total. The van der Waals surface area contributed by atoms with Crippen LogP contribution in [0.5, 0.6) is 0 Å². The van der Waals surface area contributed by atoms with Crippen molar-refractivity contribution in [3.05, 3.63) is 29.8 Å². The van der Waals surface area contributed by atoms with Gasteiger partial charge in [-0.1, -0.05) is 19.9 Å². The number of anilines is 1. The molecule has 2 heterocycles. The van der Waals surface area contributed by atoms with Crippen molar-refractivity contribution in [2.45, 2.75) is 26.3 Å². The maximum absolute atomic E-state index is 12.7. The van der Waals surface area contributed by atoms with Crippen LogP contribution in [0.25, 0.3) is 0 Å². The Kier molecular flexibility index (Phi) is 6.39. The number of carbonyl (C=O) groups is 1. The first-order valence-electron chi connectivity index (χ1n) is 9.59. The molecule has 2 aliphatic heterocycles. The van der Waals surface area contributed by atoms with E-state index in [0.29, 0.717) is 36.7 Å². The summed E-state index contributed by atoms with van der Waals surface area (Å²) in [6, 6.07) is 7.11. The molecule has 0 radical (unpaired) electrons. The van der Waals surface area contributed by atoms with E-state index in [1.165, 1.54) is 4.31 Å². The number of hydrogen-bond acceptors (Lipinski definition) is 5. The maximum Gasteiger partial charge on any atom is 0.251 e. The fraction of sp³-hybridized carbons (Fsp3) is 0.632. The molecule has 1 aromatic rings. The van der Waals surface area contributed by atoms with Crippen LogP contribution < -0.4 is 9.62 Å². The van der Waals surface area contributed by atoms with E-state index in [9.17, 15) is 13.2 Å². The lowest BCUT2D eigenvalue weighted by atomic mass is 10.0. The Hall–Kier alpha value is -1.64. The van der Waals surface area contributed by atoms with Crippen LogP contribution in [0.1, 0.15) is 30.6 Å². The number of nitrogens with one attached hydrogen (secondary N) is 1. The van der Waals surface area contributed by atoms with Crippen LogP contribution in [0, 0.1) is 5.92 Å². The van der Waals surface area contributed by atoms with Gasteiger partial charge >= 0.3 is 0 Å². The summed E-state index contributed by atoms with van der Waals surface area (Å²) in [6.07, 6.45) is 0.619. The summed E-state index contributed by atoms with van der Waals surface area (Å²) in [6.45, 7) is 8.55. The molecule has 2 saturated heterocycles. The molecule has 7 nitrogen and oxygen atoms in total. The van der Waals surface area contributed by atoms with Crippen molar-refractivity contribution in [1.82, 2.24) is 10.2 Å². The molecule has 1 atom stereocenters. The fourth-order valence-corrected chi connectivity index (χ4v) is 5.28. The molecular weight excluding hydrogens is 366 g/mol. The quantitative estimate of drug-likeness (QED) is 0.786. The van der Waals surface area contributed by atoms with E-state index in [2.05, 4.69) is 24.1 Å². The van der Waals surface area contributed by atoms with Gasteiger partial charge in [-0.3, -0.25) is 14.0 Å². The monoisotopic (exact) mass is 395 g/mol. The van der Waals surface area contributed by atoms with Gasteiger partial charge in [-0.15, -0.1) is 0 Å². The first-order valence-corrected chi connectivity index (χ1v) is 11.2. The predicted octanol–water partition coefficient (Wildman–Crippen LogP) is 1.31. The minimum absolute atomic E-state index is 0.166. The van der Waals surface area contributed by atoms with E-state index >= 15 is 0 Å². The minimum atomic E-state index is -3.25. The number of ether oxygens (including phenoxy) is 1. The molecule has 27 heavy (non-hydrogen) atoms. The molecule has 0 aliphatic carbocycles. The molecule has 0 spiro atoms. The summed E-state index contributed by atoms with van der Waals surface area (Å²) in [4.78, 5) is 15.0. The van der Waals surface area contributed by atoms with Crippen LogP contribution in [-0.4, -0.2) is 70.4 Å². The lowest BCUT2D eigenvalue weighted by Gasteiger charge is -2.36. The zero-order valence-electron chi connectivity index (χ0n) is 16.1. The zero-order chi connectivity index (χ0) is 19.4. The molecule has 1 aromatic carbocycles. The second-order valence-corrected chi connectivity index (χ2v) is 9.47. The van der Waals surface area contributed by atoms with Gasteiger partial charge in [0.15, 0.2) is 0 Å². The van der Waals surface area contributed by atoms with Gasteiger partial charge in [0.05, 0.1) is 24.7 Å². The average molecular weight is 396 g/mol. The summed E-state index contributed by atoms with van der Waals surface area (Å²) >= 11 is 0. The Morgan fingerprint density at radius 3 is 2.59 bits per heavy atom. The molecule has 150 valence electrons. The molecule has 8 heteroatoms. The summed E-state index contributed by atoms with van der Waals surface area (Å²) in [5, 5.41) is 3.03. The number of morpholine rings is 1. The van der Waals surface area contributed by atoms with E-state index in [-0.39, 0.29) is 17.7 Å². The maximum atomic E-state index is 12.7. The van der Waals surface area contributed by atoms with Crippen molar-refractivity contribution in [2.24, 2.45) is 5.92 Å². The number of carbonyl (C=O) groups excluding carboxylic acids is 1. The Balaban J connectivity index is 1.66.